The van der Waals surface area contributed by atoms with Gasteiger partial charge in [0.2, 0.25) is 0 Å². The van der Waals surface area contributed by atoms with Crippen LogP contribution in [-0.2, 0) is 0 Å². The minimum Gasteiger partial charge on any atom is -0.334 e. The molecule has 1 aromatic heterocycles. The minimum absolute atomic E-state index is 0.163. The van der Waals surface area contributed by atoms with E-state index in [0.29, 0.717) is 0 Å². The number of quaternary nitrogens is 2. The van der Waals surface area contributed by atoms with Crippen molar-refractivity contribution in [1.29, 1.82) is 0 Å². The predicted octanol–water partition coefficient (Wildman–Crippen LogP) is 3.87. The molecule has 3 heteroatoms. The number of nitrogens with two attached hydrogens (primary N) is 2. The zero-order chi connectivity index (χ0) is 19.5. The molecule has 26 heavy (non-hydrogen) atoms. The molecule has 3 heterocycles. The molecule has 1 aromatic rings. The Hall–Kier alpha value is -0.900. The van der Waals surface area contributed by atoms with Crippen LogP contribution in [0.5, 0.6) is 0 Å². The molecule has 0 amide bonds. The quantitative estimate of drug-likeness (QED) is 0.788. The maximum Gasteiger partial charge on any atom is 0.110 e. The Morgan fingerprint density at radius 2 is 1.23 bits per heavy atom. The molecule has 0 unspecified atom stereocenters. The average molecular weight is 375 g/mol. The first-order valence-electron chi connectivity index (χ1n) is 9.96. The van der Waals surface area contributed by atoms with Crippen LogP contribution in [0.2, 0.25) is 0 Å². The molecular formula is C23H38N2S+2. The van der Waals surface area contributed by atoms with Crippen molar-refractivity contribution in [3.05, 3.63) is 33.5 Å². The van der Waals surface area contributed by atoms with Crippen molar-refractivity contribution in [2.24, 2.45) is 0 Å². The summed E-state index contributed by atoms with van der Waals surface area (Å²) in [6.07, 6.45) is 7.27. The van der Waals surface area contributed by atoms with E-state index in [2.05, 4.69) is 91.2 Å². The van der Waals surface area contributed by atoms with Crippen LogP contribution in [0, 0.1) is 6.92 Å². The van der Waals surface area contributed by atoms with E-state index in [1.165, 1.54) is 26.5 Å². The Morgan fingerprint density at radius 1 is 0.769 bits per heavy atom. The van der Waals surface area contributed by atoms with Crippen LogP contribution >= 0.6 is 11.3 Å². The van der Waals surface area contributed by atoms with Gasteiger partial charge in [0.1, 0.15) is 11.1 Å². The van der Waals surface area contributed by atoms with E-state index in [1.807, 2.05) is 11.3 Å². The molecule has 0 bridgehead atoms. The van der Waals surface area contributed by atoms with Gasteiger partial charge in [-0.15, -0.1) is 11.3 Å². The molecule has 0 saturated heterocycles. The molecule has 3 rings (SSSR count). The normalized spacial score (nSPS) is 26.2. The highest BCUT2D eigenvalue weighted by atomic mass is 32.1. The van der Waals surface area contributed by atoms with Crippen LogP contribution in [0.25, 0.3) is 11.1 Å². The lowest BCUT2D eigenvalue weighted by molar-refractivity contribution is -0.770. The number of thiophene rings is 1. The van der Waals surface area contributed by atoms with Crippen molar-refractivity contribution in [2.45, 2.75) is 97.3 Å². The summed E-state index contributed by atoms with van der Waals surface area (Å²) < 4.78 is 0. The van der Waals surface area contributed by atoms with Gasteiger partial charge in [-0.2, -0.15) is 0 Å². The monoisotopic (exact) mass is 374 g/mol. The van der Waals surface area contributed by atoms with Crippen LogP contribution in [0.3, 0.4) is 0 Å². The topological polar surface area (TPSA) is 33.2 Å². The summed E-state index contributed by atoms with van der Waals surface area (Å²) in [6, 6.07) is 2.43. The van der Waals surface area contributed by atoms with Crippen molar-refractivity contribution in [2.75, 3.05) is 0 Å². The zero-order valence-corrected chi connectivity index (χ0v) is 19.0. The molecule has 2 aliphatic rings. The van der Waals surface area contributed by atoms with Crippen LogP contribution in [-0.4, -0.2) is 22.2 Å². The molecule has 2 aliphatic heterocycles. The lowest BCUT2D eigenvalue weighted by Crippen LogP contribution is -3.04. The molecular weight excluding hydrogens is 336 g/mol. The van der Waals surface area contributed by atoms with Crippen molar-refractivity contribution in [3.8, 4) is 0 Å². The zero-order valence-electron chi connectivity index (χ0n) is 18.2. The summed E-state index contributed by atoms with van der Waals surface area (Å²) >= 11 is 2.01. The fraction of sp³-hybridized carbons (Fsp3) is 0.652. The molecule has 0 spiro atoms. The van der Waals surface area contributed by atoms with Gasteiger partial charge < -0.3 is 10.6 Å². The SMILES string of the molecule is Cc1cc(C2=CC(C)(C)[NH2+]C(C)(C)C2)sc1C1=CC(C)(C)[NH2+]C(C)(C)C1. The van der Waals surface area contributed by atoms with Crippen LogP contribution in [0.15, 0.2) is 18.2 Å². The Balaban J connectivity index is 2.01. The molecule has 0 fully saturated rings. The van der Waals surface area contributed by atoms with Crippen LogP contribution in [0.4, 0.5) is 0 Å². The summed E-state index contributed by atoms with van der Waals surface area (Å²) in [5, 5.41) is 5.02. The summed E-state index contributed by atoms with van der Waals surface area (Å²) in [6.45, 7) is 21.1. The molecule has 0 saturated carbocycles. The van der Waals surface area contributed by atoms with Gasteiger partial charge in [0.05, 0.1) is 11.1 Å². The van der Waals surface area contributed by atoms with E-state index in [1.54, 1.807) is 0 Å². The number of hydrogen-bond donors (Lipinski definition) is 2. The first-order chi connectivity index (χ1) is 11.7. The third-order valence-electron chi connectivity index (χ3n) is 5.44. The predicted molar refractivity (Wildman–Crippen MR) is 114 cm³/mol. The standard InChI is InChI=1S/C23H36N2S/c1-15-10-18(16-11-20(2,3)24-21(4,5)12-16)26-19(15)17-13-22(6,7)25-23(8,9)14-17/h10-11,13,24-25H,12,14H2,1-9H3/p+2. The Morgan fingerprint density at radius 3 is 1.73 bits per heavy atom. The molecule has 4 N–H and O–H groups in total. The van der Waals surface area contributed by atoms with Crippen molar-refractivity contribution in [3.63, 3.8) is 0 Å². The largest absolute Gasteiger partial charge is 0.334 e. The second-order valence-electron chi connectivity index (χ2n) is 11.2. The summed E-state index contributed by atoms with van der Waals surface area (Å²) in [7, 11) is 0. The minimum atomic E-state index is 0.163. The lowest BCUT2D eigenvalue weighted by atomic mass is 9.82. The number of aryl methyl sites for hydroxylation is 1. The average Bonchev–Trinajstić information content (AvgIpc) is 2.73. The Labute approximate surface area is 164 Å². The van der Waals surface area contributed by atoms with Gasteiger partial charge in [0, 0.05) is 22.6 Å². The van der Waals surface area contributed by atoms with E-state index >= 15 is 0 Å². The highest BCUT2D eigenvalue weighted by Gasteiger charge is 2.39. The van der Waals surface area contributed by atoms with Crippen molar-refractivity contribution < 1.29 is 10.6 Å². The van der Waals surface area contributed by atoms with Crippen LogP contribution in [0.1, 0.15) is 83.5 Å². The fourth-order valence-corrected chi connectivity index (χ4v) is 6.64. The van der Waals surface area contributed by atoms with Crippen molar-refractivity contribution in [1.82, 2.24) is 0 Å². The van der Waals surface area contributed by atoms with E-state index in [-0.39, 0.29) is 22.2 Å². The van der Waals surface area contributed by atoms with Gasteiger partial charge in [-0.05, 0) is 97.2 Å². The van der Waals surface area contributed by atoms with E-state index in [4.69, 9.17) is 0 Å². The summed E-state index contributed by atoms with van der Waals surface area (Å²) in [4.78, 5) is 2.97. The van der Waals surface area contributed by atoms with E-state index in [9.17, 15) is 0 Å². The fourth-order valence-electron chi connectivity index (χ4n) is 5.44. The second kappa shape index (κ2) is 6.05. The molecule has 0 atom stereocenters. The molecule has 0 aromatic carbocycles. The third kappa shape index (κ3) is 4.32. The Kier molecular flexibility index (Phi) is 4.62. The van der Waals surface area contributed by atoms with E-state index in [0.717, 1.165) is 12.8 Å². The summed E-state index contributed by atoms with van der Waals surface area (Å²) in [5.74, 6) is 0. The first-order valence-corrected chi connectivity index (χ1v) is 10.8. The molecule has 144 valence electrons. The second-order valence-corrected chi connectivity index (χ2v) is 12.3. The third-order valence-corrected chi connectivity index (χ3v) is 6.82. The molecule has 2 nitrogen and oxygen atoms in total. The van der Waals surface area contributed by atoms with Gasteiger partial charge in [-0.3, -0.25) is 0 Å². The number of rotatable bonds is 2. The van der Waals surface area contributed by atoms with E-state index < -0.39 is 0 Å². The maximum absolute atomic E-state index is 2.51. The summed E-state index contributed by atoms with van der Waals surface area (Å²) in [5.41, 5.74) is 5.36. The lowest BCUT2D eigenvalue weighted by Gasteiger charge is -2.37. The van der Waals surface area contributed by atoms with Gasteiger partial charge in [-0.25, -0.2) is 0 Å². The first kappa shape index (κ1) is 19.9. The van der Waals surface area contributed by atoms with Crippen LogP contribution < -0.4 is 10.6 Å². The smallest absolute Gasteiger partial charge is 0.110 e. The highest BCUT2D eigenvalue weighted by Crippen LogP contribution is 2.40. The number of hydrogen-bond acceptors (Lipinski definition) is 1. The van der Waals surface area contributed by atoms with Gasteiger partial charge in [-0.1, -0.05) is 0 Å². The highest BCUT2D eigenvalue weighted by molar-refractivity contribution is 7.14. The van der Waals surface area contributed by atoms with Gasteiger partial charge in [0.25, 0.3) is 0 Å². The maximum atomic E-state index is 2.51. The van der Waals surface area contributed by atoms with Gasteiger partial charge in [0.15, 0.2) is 0 Å². The van der Waals surface area contributed by atoms with Gasteiger partial charge >= 0.3 is 0 Å². The van der Waals surface area contributed by atoms with Crippen molar-refractivity contribution >= 4 is 22.5 Å². The molecule has 0 aliphatic carbocycles. The Bertz CT molecular complexity index is 772. The molecule has 0 radical (unpaired) electrons.